The molecule has 0 amide bonds. The first-order valence-corrected chi connectivity index (χ1v) is 9.15. The molecule has 4 nitrogen and oxygen atoms in total. The molecule has 0 bridgehead atoms. The van der Waals surface area contributed by atoms with Crippen LogP contribution in [0.1, 0.15) is 57.9 Å². The number of nitrogens with zero attached hydrogens (tertiary/aromatic N) is 1. The smallest absolute Gasteiger partial charge is 0.307 e. The second kappa shape index (κ2) is 8.31. The van der Waals surface area contributed by atoms with Gasteiger partial charge < -0.3 is 5.11 Å². The third kappa shape index (κ3) is 5.29. The van der Waals surface area contributed by atoms with Gasteiger partial charge in [0, 0.05) is 6.42 Å². The van der Waals surface area contributed by atoms with Crippen molar-refractivity contribution in [1.29, 1.82) is 5.26 Å². The molecule has 1 aromatic carbocycles. The minimum atomic E-state index is -0.766. The van der Waals surface area contributed by atoms with E-state index >= 15 is 0 Å². The molecule has 1 unspecified atom stereocenters. The first kappa shape index (κ1) is 19.9. The van der Waals surface area contributed by atoms with Crippen molar-refractivity contribution in [3.05, 3.63) is 47.5 Å². The molecule has 0 heterocycles. The number of hydrogen-bond donors (Lipinski definition) is 1. The average molecular weight is 353 g/mol. The fourth-order valence-corrected chi connectivity index (χ4v) is 3.80. The second-order valence-electron chi connectivity index (χ2n) is 8.30. The maximum Gasteiger partial charge on any atom is 0.307 e. The SMILES string of the molecule is CC(C)(C)/C=C(\C#N)C(=O)CCC1C[C@@H](C(=O)O)[C@H](c2ccccc2)C1. The van der Waals surface area contributed by atoms with Gasteiger partial charge in [-0.3, -0.25) is 9.59 Å². The Bertz CT molecular complexity index is 722. The fraction of sp³-hybridized carbons (Fsp3) is 0.500. The van der Waals surface area contributed by atoms with Gasteiger partial charge in [0.05, 0.1) is 11.5 Å². The number of ketones is 1. The Labute approximate surface area is 155 Å². The summed E-state index contributed by atoms with van der Waals surface area (Å²) in [5, 5.41) is 18.8. The van der Waals surface area contributed by atoms with Crippen molar-refractivity contribution in [2.45, 2.75) is 52.4 Å². The summed E-state index contributed by atoms with van der Waals surface area (Å²) in [5.41, 5.74) is 1.05. The maximum atomic E-state index is 12.4. The van der Waals surface area contributed by atoms with Crippen molar-refractivity contribution in [1.82, 2.24) is 0 Å². The van der Waals surface area contributed by atoms with Crippen LogP contribution in [0, 0.1) is 28.6 Å². The number of hydrogen-bond acceptors (Lipinski definition) is 3. The van der Waals surface area contributed by atoms with E-state index in [9.17, 15) is 20.0 Å². The average Bonchev–Trinajstić information content (AvgIpc) is 3.02. The van der Waals surface area contributed by atoms with E-state index in [4.69, 9.17) is 0 Å². The number of carbonyl (C=O) groups is 2. The lowest BCUT2D eigenvalue weighted by molar-refractivity contribution is -0.142. The summed E-state index contributed by atoms with van der Waals surface area (Å²) in [6.45, 7) is 5.86. The summed E-state index contributed by atoms with van der Waals surface area (Å²) in [7, 11) is 0. The van der Waals surface area contributed by atoms with Crippen LogP contribution in [0.2, 0.25) is 0 Å². The van der Waals surface area contributed by atoms with Crippen molar-refractivity contribution >= 4 is 11.8 Å². The minimum absolute atomic E-state index is 0.00523. The van der Waals surface area contributed by atoms with Crippen LogP contribution in [0.25, 0.3) is 0 Å². The number of allylic oxidation sites excluding steroid dienone is 2. The number of benzene rings is 1. The maximum absolute atomic E-state index is 12.4. The van der Waals surface area contributed by atoms with Gasteiger partial charge in [0.1, 0.15) is 6.07 Å². The zero-order chi connectivity index (χ0) is 19.3. The summed E-state index contributed by atoms with van der Waals surface area (Å²) in [5.74, 6) is -1.12. The van der Waals surface area contributed by atoms with Crippen LogP contribution in [0.4, 0.5) is 0 Å². The summed E-state index contributed by atoms with van der Waals surface area (Å²) in [6.07, 6.45) is 4.02. The standard InChI is InChI=1S/C22H27NO3/c1-22(2,3)13-17(14-23)20(24)10-9-15-11-18(19(12-15)21(25)26)16-7-5-4-6-8-16/h4-8,13,15,18-19H,9-12H2,1-3H3,(H,25,26)/b17-13+/t15?,18-,19+/m0/s1. The van der Waals surface area contributed by atoms with Crippen LogP contribution < -0.4 is 0 Å². The predicted molar refractivity (Wildman–Crippen MR) is 100 cm³/mol. The molecule has 1 fully saturated rings. The molecule has 0 saturated heterocycles. The third-order valence-corrected chi connectivity index (χ3v) is 4.98. The van der Waals surface area contributed by atoms with Crippen LogP contribution in [-0.4, -0.2) is 16.9 Å². The Morgan fingerprint density at radius 2 is 1.88 bits per heavy atom. The van der Waals surface area contributed by atoms with Crippen molar-refractivity contribution < 1.29 is 14.7 Å². The molecular weight excluding hydrogens is 326 g/mol. The summed E-state index contributed by atoms with van der Waals surface area (Å²) in [6, 6.07) is 11.8. The molecule has 4 heteroatoms. The highest BCUT2D eigenvalue weighted by Crippen LogP contribution is 2.45. The number of carboxylic acid groups (broad SMARTS) is 1. The summed E-state index contributed by atoms with van der Waals surface area (Å²) < 4.78 is 0. The van der Waals surface area contributed by atoms with Gasteiger partial charge in [0.2, 0.25) is 0 Å². The van der Waals surface area contributed by atoms with Gasteiger partial charge in [0.15, 0.2) is 5.78 Å². The zero-order valence-electron chi connectivity index (χ0n) is 15.7. The van der Waals surface area contributed by atoms with E-state index in [1.165, 1.54) is 0 Å². The molecule has 138 valence electrons. The van der Waals surface area contributed by atoms with Crippen molar-refractivity contribution in [2.75, 3.05) is 0 Å². The Hall–Kier alpha value is -2.41. The van der Waals surface area contributed by atoms with Gasteiger partial charge in [-0.2, -0.15) is 5.26 Å². The fourth-order valence-electron chi connectivity index (χ4n) is 3.80. The molecule has 0 aliphatic heterocycles. The molecule has 2 rings (SSSR count). The van der Waals surface area contributed by atoms with Gasteiger partial charge in [-0.15, -0.1) is 0 Å². The molecule has 1 N–H and O–H groups in total. The van der Waals surface area contributed by atoms with E-state index in [1.54, 1.807) is 6.08 Å². The molecule has 1 aromatic rings. The topological polar surface area (TPSA) is 78.2 Å². The van der Waals surface area contributed by atoms with E-state index in [-0.39, 0.29) is 28.6 Å². The van der Waals surface area contributed by atoms with E-state index in [1.807, 2.05) is 57.2 Å². The van der Waals surface area contributed by atoms with Crippen LogP contribution in [0.3, 0.4) is 0 Å². The van der Waals surface area contributed by atoms with Gasteiger partial charge in [-0.25, -0.2) is 0 Å². The van der Waals surface area contributed by atoms with Crippen molar-refractivity contribution in [3.8, 4) is 6.07 Å². The summed E-state index contributed by atoms with van der Waals surface area (Å²) in [4.78, 5) is 24.0. The second-order valence-corrected chi connectivity index (χ2v) is 8.30. The lowest BCUT2D eigenvalue weighted by Gasteiger charge is -2.15. The predicted octanol–water partition coefficient (Wildman–Crippen LogP) is 4.73. The first-order chi connectivity index (χ1) is 12.2. The number of nitriles is 1. The minimum Gasteiger partial charge on any atom is -0.481 e. The largest absolute Gasteiger partial charge is 0.481 e. The van der Waals surface area contributed by atoms with Crippen LogP contribution in [-0.2, 0) is 9.59 Å². The third-order valence-electron chi connectivity index (χ3n) is 4.98. The van der Waals surface area contributed by atoms with Crippen LogP contribution in [0.5, 0.6) is 0 Å². The van der Waals surface area contributed by atoms with E-state index in [0.717, 1.165) is 12.0 Å². The van der Waals surface area contributed by atoms with E-state index in [2.05, 4.69) is 0 Å². The van der Waals surface area contributed by atoms with Gasteiger partial charge >= 0.3 is 5.97 Å². The molecule has 26 heavy (non-hydrogen) atoms. The number of Topliss-reactive ketones (excluding diaryl/α,β-unsaturated/α-hetero) is 1. The quantitative estimate of drug-likeness (QED) is 0.592. The highest BCUT2D eigenvalue weighted by atomic mass is 16.4. The van der Waals surface area contributed by atoms with E-state index in [0.29, 0.717) is 19.3 Å². The Balaban J connectivity index is 2.03. The van der Waals surface area contributed by atoms with Crippen LogP contribution >= 0.6 is 0 Å². The Morgan fingerprint density at radius 1 is 1.23 bits per heavy atom. The highest BCUT2D eigenvalue weighted by molar-refractivity contribution is 5.99. The lowest BCUT2D eigenvalue weighted by Crippen LogP contribution is -2.16. The molecule has 1 aliphatic rings. The highest BCUT2D eigenvalue weighted by Gasteiger charge is 2.39. The van der Waals surface area contributed by atoms with Crippen molar-refractivity contribution in [3.63, 3.8) is 0 Å². The molecule has 0 aromatic heterocycles. The van der Waals surface area contributed by atoms with Gasteiger partial charge in [-0.05, 0) is 42.1 Å². The van der Waals surface area contributed by atoms with Crippen molar-refractivity contribution in [2.24, 2.45) is 17.3 Å². The normalized spacial score (nSPS) is 23.5. The van der Waals surface area contributed by atoms with E-state index < -0.39 is 11.9 Å². The monoisotopic (exact) mass is 353 g/mol. The molecule has 3 atom stereocenters. The van der Waals surface area contributed by atoms with Gasteiger partial charge in [0.25, 0.3) is 0 Å². The number of carbonyl (C=O) groups excluding carboxylic acids is 1. The molecule has 0 spiro atoms. The number of aliphatic carboxylic acids is 1. The molecule has 1 aliphatic carbocycles. The van der Waals surface area contributed by atoms with Gasteiger partial charge in [-0.1, -0.05) is 57.2 Å². The molecule has 1 saturated carbocycles. The number of rotatable bonds is 6. The van der Waals surface area contributed by atoms with Crippen LogP contribution in [0.15, 0.2) is 42.0 Å². The Kier molecular flexibility index (Phi) is 6.37. The Morgan fingerprint density at radius 3 is 2.42 bits per heavy atom. The summed E-state index contributed by atoms with van der Waals surface area (Å²) >= 11 is 0. The number of carboxylic acids is 1. The first-order valence-electron chi connectivity index (χ1n) is 9.15. The lowest BCUT2D eigenvalue weighted by atomic mass is 9.89. The zero-order valence-corrected chi connectivity index (χ0v) is 15.7. The molecule has 0 radical (unpaired) electrons. The molecular formula is C22H27NO3.